The molecule has 25 heavy (non-hydrogen) atoms. The summed E-state index contributed by atoms with van der Waals surface area (Å²) in [5.41, 5.74) is 1.26. The first-order chi connectivity index (χ1) is 12.0. The Kier molecular flexibility index (Phi) is 6.71. The van der Waals surface area contributed by atoms with Crippen LogP contribution in [0.25, 0.3) is 0 Å². The molecule has 7 heteroatoms. The standard InChI is InChI=1S/C18H21N3O3S/c1-4-8-24-15-7-5-6-13(9-15)19-16(22)10-14-11-25-18(20-14)21-17(23)12(2)3/h4-7,9,11-12H,1,8,10H2,2-3H3,(H,19,22)(H,20,21,23). The van der Waals surface area contributed by atoms with Gasteiger partial charge in [-0.2, -0.15) is 0 Å². The first-order valence-electron chi connectivity index (χ1n) is 7.87. The van der Waals surface area contributed by atoms with Gasteiger partial charge in [0.25, 0.3) is 0 Å². The maximum Gasteiger partial charge on any atom is 0.230 e. The second kappa shape index (κ2) is 8.98. The maximum absolute atomic E-state index is 12.2. The fourth-order valence-corrected chi connectivity index (χ4v) is 2.60. The van der Waals surface area contributed by atoms with Crippen LogP contribution in [0.2, 0.25) is 0 Å². The summed E-state index contributed by atoms with van der Waals surface area (Å²) in [7, 11) is 0. The highest BCUT2D eigenvalue weighted by Gasteiger charge is 2.12. The monoisotopic (exact) mass is 359 g/mol. The lowest BCUT2D eigenvalue weighted by Gasteiger charge is -2.07. The fraction of sp³-hybridized carbons (Fsp3) is 0.278. The highest BCUT2D eigenvalue weighted by atomic mass is 32.1. The molecule has 0 saturated heterocycles. The number of rotatable bonds is 8. The van der Waals surface area contributed by atoms with Gasteiger partial charge in [-0.15, -0.1) is 11.3 Å². The molecule has 0 spiro atoms. The number of anilines is 2. The van der Waals surface area contributed by atoms with Crippen molar-refractivity contribution < 1.29 is 14.3 Å². The van der Waals surface area contributed by atoms with E-state index in [0.717, 1.165) is 0 Å². The minimum atomic E-state index is -0.187. The molecule has 2 rings (SSSR count). The number of thiazole rings is 1. The third-order valence-corrected chi connectivity index (χ3v) is 3.94. The van der Waals surface area contributed by atoms with Crippen molar-refractivity contribution in [3.05, 3.63) is 48.0 Å². The van der Waals surface area contributed by atoms with Crippen molar-refractivity contribution in [1.29, 1.82) is 0 Å². The van der Waals surface area contributed by atoms with E-state index in [-0.39, 0.29) is 24.2 Å². The molecule has 1 aromatic carbocycles. The molecular formula is C18H21N3O3S. The number of carbonyl (C=O) groups excluding carboxylic acids is 2. The van der Waals surface area contributed by atoms with Crippen molar-refractivity contribution in [2.75, 3.05) is 17.2 Å². The average molecular weight is 359 g/mol. The number of carbonyl (C=O) groups is 2. The first kappa shape index (κ1) is 18.7. The first-order valence-corrected chi connectivity index (χ1v) is 8.74. The predicted molar refractivity (Wildman–Crippen MR) is 100 cm³/mol. The number of ether oxygens (including phenoxy) is 1. The molecule has 1 heterocycles. The van der Waals surface area contributed by atoms with E-state index in [1.54, 1.807) is 29.7 Å². The molecule has 0 unspecified atom stereocenters. The van der Waals surface area contributed by atoms with Crippen LogP contribution in [0.3, 0.4) is 0 Å². The summed E-state index contributed by atoms with van der Waals surface area (Å²) < 4.78 is 5.43. The highest BCUT2D eigenvalue weighted by Crippen LogP contribution is 2.19. The van der Waals surface area contributed by atoms with Gasteiger partial charge in [0.05, 0.1) is 12.1 Å². The predicted octanol–water partition coefficient (Wildman–Crippen LogP) is 3.48. The van der Waals surface area contributed by atoms with E-state index in [9.17, 15) is 9.59 Å². The van der Waals surface area contributed by atoms with Crippen LogP contribution < -0.4 is 15.4 Å². The molecule has 0 aliphatic rings. The van der Waals surface area contributed by atoms with Gasteiger partial charge in [-0.25, -0.2) is 4.98 Å². The topological polar surface area (TPSA) is 80.3 Å². The summed E-state index contributed by atoms with van der Waals surface area (Å²) in [5, 5.41) is 7.80. The summed E-state index contributed by atoms with van der Waals surface area (Å²) in [6.07, 6.45) is 1.79. The number of hydrogen-bond donors (Lipinski definition) is 2. The lowest BCUT2D eigenvalue weighted by molar-refractivity contribution is -0.119. The third-order valence-electron chi connectivity index (χ3n) is 3.13. The summed E-state index contributed by atoms with van der Waals surface area (Å²) >= 11 is 1.30. The van der Waals surface area contributed by atoms with E-state index < -0.39 is 0 Å². The van der Waals surface area contributed by atoms with Gasteiger partial charge in [0.1, 0.15) is 12.4 Å². The summed E-state index contributed by atoms with van der Waals surface area (Å²) in [5.74, 6) is 0.255. The second-order valence-corrected chi connectivity index (χ2v) is 6.50. The molecule has 2 aromatic rings. The molecule has 0 atom stereocenters. The lowest BCUT2D eigenvalue weighted by atomic mass is 10.2. The average Bonchev–Trinajstić information content (AvgIpc) is 2.99. The molecule has 0 fully saturated rings. The van der Waals surface area contributed by atoms with Crippen LogP contribution in [0.5, 0.6) is 5.75 Å². The summed E-state index contributed by atoms with van der Waals surface area (Å²) in [4.78, 5) is 28.1. The summed E-state index contributed by atoms with van der Waals surface area (Å²) in [6.45, 7) is 7.62. The number of nitrogens with zero attached hydrogens (tertiary/aromatic N) is 1. The van der Waals surface area contributed by atoms with Crippen LogP contribution in [0, 0.1) is 5.92 Å². The Labute approximate surface area is 150 Å². The Morgan fingerprint density at radius 3 is 2.88 bits per heavy atom. The van der Waals surface area contributed by atoms with Crippen molar-refractivity contribution in [2.45, 2.75) is 20.3 Å². The van der Waals surface area contributed by atoms with Gasteiger partial charge in [-0.3, -0.25) is 9.59 Å². The smallest absolute Gasteiger partial charge is 0.230 e. The zero-order valence-electron chi connectivity index (χ0n) is 14.2. The SMILES string of the molecule is C=CCOc1cccc(NC(=O)Cc2csc(NC(=O)C(C)C)n2)c1. The Morgan fingerprint density at radius 1 is 1.36 bits per heavy atom. The zero-order valence-corrected chi connectivity index (χ0v) is 15.1. The maximum atomic E-state index is 12.2. The minimum absolute atomic E-state index is 0.0957. The Balaban J connectivity index is 1.91. The van der Waals surface area contributed by atoms with Crippen molar-refractivity contribution in [1.82, 2.24) is 4.98 Å². The fourth-order valence-electron chi connectivity index (χ4n) is 1.88. The van der Waals surface area contributed by atoms with Gasteiger partial charge in [0.15, 0.2) is 5.13 Å². The van der Waals surface area contributed by atoms with E-state index in [4.69, 9.17) is 4.74 Å². The number of benzene rings is 1. The van der Waals surface area contributed by atoms with Crippen molar-refractivity contribution in [2.24, 2.45) is 5.92 Å². The summed E-state index contributed by atoms with van der Waals surface area (Å²) in [6, 6.07) is 7.14. The van der Waals surface area contributed by atoms with Gasteiger partial charge in [0.2, 0.25) is 11.8 Å². The van der Waals surface area contributed by atoms with Crippen molar-refractivity contribution in [3.63, 3.8) is 0 Å². The number of hydrogen-bond acceptors (Lipinski definition) is 5. The lowest BCUT2D eigenvalue weighted by Crippen LogP contribution is -2.18. The molecule has 2 amide bonds. The molecule has 132 valence electrons. The molecule has 2 N–H and O–H groups in total. The molecule has 0 aliphatic heterocycles. The van der Waals surface area contributed by atoms with Crippen LogP contribution >= 0.6 is 11.3 Å². The van der Waals surface area contributed by atoms with E-state index in [0.29, 0.717) is 28.9 Å². The molecule has 6 nitrogen and oxygen atoms in total. The molecular weight excluding hydrogens is 338 g/mol. The largest absolute Gasteiger partial charge is 0.489 e. The van der Waals surface area contributed by atoms with Crippen LogP contribution in [-0.2, 0) is 16.0 Å². The van der Waals surface area contributed by atoms with Crippen LogP contribution in [0.1, 0.15) is 19.5 Å². The van der Waals surface area contributed by atoms with Gasteiger partial charge >= 0.3 is 0 Å². The van der Waals surface area contributed by atoms with E-state index >= 15 is 0 Å². The van der Waals surface area contributed by atoms with Crippen LogP contribution in [0.4, 0.5) is 10.8 Å². The molecule has 1 aromatic heterocycles. The Morgan fingerprint density at radius 2 is 2.16 bits per heavy atom. The molecule has 0 aliphatic carbocycles. The van der Waals surface area contributed by atoms with Gasteiger partial charge in [-0.05, 0) is 12.1 Å². The molecule has 0 saturated carbocycles. The third kappa shape index (κ3) is 6.04. The van der Waals surface area contributed by atoms with Crippen molar-refractivity contribution >= 4 is 34.0 Å². The van der Waals surface area contributed by atoms with E-state index in [1.807, 2.05) is 19.9 Å². The van der Waals surface area contributed by atoms with Gasteiger partial charge in [0, 0.05) is 23.1 Å². The van der Waals surface area contributed by atoms with Crippen molar-refractivity contribution in [3.8, 4) is 5.75 Å². The quantitative estimate of drug-likeness (QED) is 0.707. The number of aromatic nitrogens is 1. The molecule has 0 bridgehead atoms. The molecule has 0 radical (unpaired) electrons. The van der Waals surface area contributed by atoms with E-state index in [2.05, 4.69) is 22.2 Å². The number of nitrogens with one attached hydrogen (secondary N) is 2. The number of amides is 2. The van der Waals surface area contributed by atoms with E-state index in [1.165, 1.54) is 11.3 Å². The Hall–Kier alpha value is -2.67. The van der Waals surface area contributed by atoms with Gasteiger partial charge in [-0.1, -0.05) is 32.6 Å². The Bertz CT molecular complexity index is 756. The highest BCUT2D eigenvalue weighted by molar-refractivity contribution is 7.13. The normalized spacial score (nSPS) is 10.4. The minimum Gasteiger partial charge on any atom is -0.489 e. The zero-order chi connectivity index (χ0) is 18.2. The van der Waals surface area contributed by atoms with Gasteiger partial charge < -0.3 is 15.4 Å². The second-order valence-electron chi connectivity index (χ2n) is 5.64. The van der Waals surface area contributed by atoms with Crippen LogP contribution in [-0.4, -0.2) is 23.4 Å². The van der Waals surface area contributed by atoms with Crippen LogP contribution in [0.15, 0.2) is 42.3 Å².